The van der Waals surface area contributed by atoms with Crippen molar-refractivity contribution in [3.8, 4) is 11.5 Å². The van der Waals surface area contributed by atoms with Crippen molar-refractivity contribution in [2.45, 2.75) is 62.7 Å². The highest BCUT2D eigenvalue weighted by atomic mass is 35.5. The van der Waals surface area contributed by atoms with Crippen molar-refractivity contribution in [2.75, 3.05) is 31.0 Å². The molecule has 6 aromatic rings. The van der Waals surface area contributed by atoms with E-state index in [1.54, 1.807) is 43.4 Å². The Morgan fingerprint density at radius 3 is 2.33 bits per heavy atom. The van der Waals surface area contributed by atoms with E-state index in [9.17, 15) is 9.90 Å². The molecule has 1 fully saturated rings. The number of rotatable bonds is 14. The van der Waals surface area contributed by atoms with Gasteiger partial charge in [-0.05, 0) is 89.8 Å². The zero-order valence-corrected chi connectivity index (χ0v) is 36.7. The highest BCUT2D eigenvalue weighted by Crippen LogP contribution is 2.60. The topological polar surface area (TPSA) is 128 Å². The molecular weight excluding hydrogens is 806 g/mol. The fourth-order valence-electron chi connectivity index (χ4n) is 9.49. The lowest BCUT2D eigenvalue weighted by Crippen LogP contribution is -2.51. The normalized spacial score (nSPS) is 20.1. The van der Waals surface area contributed by atoms with E-state index >= 15 is 4.79 Å². The molecule has 1 aromatic heterocycles. The molecule has 13 heteroatoms. The first kappa shape index (κ1) is 41.9. The van der Waals surface area contributed by atoms with Crippen LogP contribution < -0.4 is 24.9 Å². The van der Waals surface area contributed by atoms with Crippen LogP contribution in [-0.2, 0) is 28.2 Å². The number of hydrogen-bond donors (Lipinski definition) is 2. The van der Waals surface area contributed by atoms with E-state index in [0.717, 1.165) is 28.1 Å². The first-order chi connectivity index (χ1) is 29.5. The molecule has 2 N–H and O–H groups in total. The summed E-state index contributed by atoms with van der Waals surface area (Å²) in [6.45, 7) is 7.51. The van der Waals surface area contributed by atoms with Gasteiger partial charge in [0.1, 0.15) is 11.5 Å². The van der Waals surface area contributed by atoms with Gasteiger partial charge in [-0.2, -0.15) is 0 Å². The average Bonchev–Trinajstić information content (AvgIpc) is 3.93. The minimum atomic E-state index is -2.43. The number of fused-ring (bicyclic) bond motifs is 2. The summed E-state index contributed by atoms with van der Waals surface area (Å²) in [6.07, 6.45) is 2.13. The summed E-state index contributed by atoms with van der Waals surface area (Å²) in [6, 6.07) is 38.2. The van der Waals surface area contributed by atoms with Gasteiger partial charge < -0.3 is 29.5 Å². The number of benzene rings is 5. The van der Waals surface area contributed by atoms with Crippen LogP contribution in [0, 0.1) is 5.92 Å². The van der Waals surface area contributed by atoms with Crippen LogP contribution in [0.1, 0.15) is 52.0 Å². The Hall–Kier alpha value is -5.79. The number of aromatic nitrogens is 3. The zero-order valence-electron chi connectivity index (χ0n) is 34.9. The third kappa shape index (κ3) is 7.96. The minimum absolute atomic E-state index is 0.00868. The van der Waals surface area contributed by atoms with Gasteiger partial charge in [0.05, 0.1) is 58.8 Å². The van der Waals surface area contributed by atoms with Crippen molar-refractivity contribution in [3.63, 3.8) is 0 Å². The average molecular weight is 856 g/mol. The van der Waals surface area contributed by atoms with Crippen LogP contribution in [-0.4, -0.2) is 66.9 Å². The number of aliphatic hydroxyl groups excluding tert-OH is 1. The lowest BCUT2D eigenvalue weighted by atomic mass is 9.82. The van der Waals surface area contributed by atoms with Gasteiger partial charge in [0, 0.05) is 40.5 Å². The number of methoxy groups -OCH3 is 2. The van der Waals surface area contributed by atoms with Crippen molar-refractivity contribution in [1.29, 1.82) is 0 Å². The van der Waals surface area contributed by atoms with Crippen molar-refractivity contribution < 1.29 is 28.9 Å². The fraction of sp³-hybridized carbons (Fsp3) is 0.292. The van der Waals surface area contributed by atoms with Crippen LogP contribution in [0.3, 0.4) is 0 Å². The lowest BCUT2D eigenvalue weighted by Gasteiger charge is -2.37. The SMILES string of the molecule is COc1ccc(C(=O)Nc2cccc(CN3C(=O)[C@]4(O[C@H](CCn5cc(C(CO)c6ccccc6)nn5)[C@@H]([Si](C)(C)c5ccc(OC)cc5)[C@@H]4C)c4cc(Cl)ccc43)c2)cc1. The zero-order chi connectivity index (χ0) is 42.9. The minimum Gasteiger partial charge on any atom is -0.497 e. The van der Waals surface area contributed by atoms with Crippen molar-refractivity contribution in [1.82, 2.24) is 15.0 Å². The molecule has 1 unspecified atom stereocenters. The molecule has 3 heterocycles. The fourth-order valence-corrected chi connectivity index (χ4v) is 13.7. The second-order valence-corrected chi connectivity index (χ2v) is 21.6. The van der Waals surface area contributed by atoms with E-state index in [4.69, 9.17) is 25.8 Å². The van der Waals surface area contributed by atoms with Gasteiger partial charge in [-0.15, -0.1) is 5.10 Å². The number of nitrogens with zero attached hydrogens (tertiary/aromatic N) is 4. The number of ether oxygens (including phenoxy) is 3. The molecule has 11 nitrogen and oxygen atoms in total. The van der Waals surface area contributed by atoms with E-state index in [-0.39, 0.29) is 48.4 Å². The van der Waals surface area contributed by atoms with E-state index in [2.05, 4.69) is 47.8 Å². The van der Waals surface area contributed by atoms with Crippen LogP contribution in [0.25, 0.3) is 0 Å². The highest BCUT2D eigenvalue weighted by molar-refractivity contribution is 6.91. The van der Waals surface area contributed by atoms with E-state index < -0.39 is 13.7 Å². The molecule has 1 spiro atoms. The molecule has 0 aliphatic carbocycles. The first-order valence-electron chi connectivity index (χ1n) is 20.5. The summed E-state index contributed by atoms with van der Waals surface area (Å²) < 4.78 is 19.9. The molecule has 61 heavy (non-hydrogen) atoms. The molecule has 2 aliphatic heterocycles. The Morgan fingerprint density at radius 1 is 0.934 bits per heavy atom. The molecule has 0 bridgehead atoms. The Labute approximate surface area is 362 Å². The molecule has 2 aliphatic rings. The molecule has 1 saturated heterocycles. The maximum Gasteiger partial charge on any atom is 0.264 e. The molecule has 0 saturated carbocycles. The predicted octanol–water partition coefficient (Wildman–Crippen LogP) is 8.18. The highest BCUT2D eigenvalue weighted by Gasteiger charge is 2.66. The number of amides is 2. The summed E-state index contributed by atoms with van der Waals surface area (Å²) in [4.78, 5) is 30.4. The van der Waals surface area contributed by atoms with Crippen LogP contribution in [0.5, 0.6) is 11.5 Å². The summed E-state index contributed by atoms with van der Waals surface area (Å²) >= 11 is 6.77. The molecule has 2 amide bonds. The number of carbonyl (C=O) groups excluding carboxylic acids is 2. The number of anilines is 2. The predicted molar refractivity (Wildman–Crippen MR) is 240 cm³/mol. The van der Waals surface area contributed by atoms with Crippen LogP contribution in [0.15, 0.2) is 128 Å². The smallest absolute Gasteiger partial charge is 0.264 e. The van der Waals surface area contributed by atoms with Gasteiger partial charge in [-0.1, -0.05) is 96.6 Å². The van der Waals surface area contributed by atoms with Crippen LogP contribution in [0.2, 0.25) is 23.7 Å². The lowest BCUT2D eigenvalue weighted by molar-refractivity contribution is -0.146. The maximum absolute atomic E-state index is 15.4. The van der Waals surface area contributed by atoms with Crippen LogP contribution >= 0.6 is 11.6 Å². The Kier molecular flexibility index (Phi) is 11.9. The molecule has 5 aromatic carbocycles. The number of hydrogen-bond acceptors (Lipinski definition) is 8. The summed E-state index contributed by atoms with van der Waals surface area (Å²) in [5, 5.41) is 24.1. The number of aryl methyl sites for hydroxylation is 1. The van der Waals surface area contributed by atoms with Gasteiger partial charge in [0.2, 0.25) is 0 Å². The summed E-state index contributed by atoms with van der Waals surface area (Å²) in [5.41, 5.74) is 3.77. The standard InChI is InChI=1S/C48H50ClN5O6Si/c1-31-45(61(4,5)39-21-19-38(59-3)20-22-39)44(24-25-53-29-42(51-52-53)40(30-55)33-11-7-6-8-12-33)60-48(31)41-27-35(49)16-23-43(41)54(47(48)57)28-32-10-9-13-36(26-32)50-46(56)34-14-17-37(58-2)18-15-34/h6-23,26-27,29,31,40,44-45,55H,24-25,28,30H2,1-5H3,(H,50,56)/t31-,40?,44+,45-,48+/m0/s1. The Bertz CT molecular complexity index is 2520. The third-order valence-corrected chi connectivity index (χ3v) is 17.2. The second kappa shape index (κ2) is 17.3. The van der Waals surface area contributed by atoms with Crippen molar-refractivity contribution >= 4 is 48.1 Å². The number of nitrogens with one attached hydrogen (secondary N) is 1. The van der Waals surface area contributed by atoms with Crippen molar-refractivity contribution in [2.24, 2.45) is 5.92 Å². The van der Waals surface area contributed by atoms with Gasteiger partial charge in [-0.3, -0.25) is 14.3 Å². The number of carbonyl (C=O) groups is 2. The van der Waals surface area contributed by atoms with E-state index in [0.29, 0.717) is 40.7 Å². The second-order valence-electron chi connectivity index (χ2n) is 16.4. The van der Waals surface area contributed by atoms with Gasteiger partial charge in [0.15, 0.2) is 5.60 Å². The van der Waals surface area contributed by atoms with Crippen LogP contribution in [0.4, 0.5) is 11.4 Å². The van der Waals surface area contributed by atoms with Gasteiger partial charge >= 0.3 is 0 Å². The summed E-state index contributed by atoms with van der Waals surface area (Å²) in [5.74, 6) is 0.507. The first-order valence-corrected chi connectivity index (χ1v) is 24.0. The number of halogens is 1. The van der Waals surface area contributed by atoms with Crippen molar-refractivity contribution in [3.05, 3.63) is 160 Å². The van der Waals surface area contributed by atoms with Gasteiger partial charge in [-0.25, -0.2) is 0 Å². The molecule has 314 valence electrons. The number of aliphatic hydroxyl groups is 1. The van der Waals surface area contributed by atoms with E-state index in [1.165, 1.54) is 5.19 Å². The Morgan fingerprint density at radius 2 is 1.64 bits per heavy atom. The quantitative estimate of drug-likeness (QED) is 0.105. The maximum atomic E-state index is 15.4. The molecule has 0 radical (unpaired) electrons. The monoisotopic (exact) mass is 855 g/mol. The molecular formula is C48H50ClN5O6Si. The largest absolute Gasteiger partial charge is 0.497 e. The summed E-state index contributed by atoms with van der Waals surface area (Å²) in [7, 11) is 0.817. The third-order valence-electron chi connectivity index (χ3n) is 12.6. The molecule has 8 rings (SSSR count). The van der Waals surface area contributed by atoms with Gasteiger partial charge in [0.25, 0.3) is 11.8 Å². The van der Waals surface area contributed by atoms with E-state index in [1.807, 2.05) is 95.8 Å². The molecule has 5 atom stereocenters. The Balaban J connectivity index is 1.11.